The van der Waals surface area contributed by atoms with E-state index in [1.54, 1.807) is 24.4 Å². The van der Waals surface area contributed by atoms with Gasteiger partial charge >= 0.3 is 0 Å². The first-order valence-electron chi connectivity index (χ1n) is 9.56. The molecule has 1 aromatic heterocycles. The lowest BCUT2D eigenvalue weighted by atomic mass is 9.98. The highest BCUT2D eigenvalue weighted by molar-refractivity contribution is 5.91. The minimum Gasteiger partial charge on any atom is -0.354 e. The van der Waals surface area contributed by atoms with Crippen LogP contribution in [0.25, 0.3) is 6.08 Å². The van der Waals surface area contributed by atoms with Gasteiger partial charge in [0.15, 0.2) is 0 Å². The number of piperidine rings is 1. The first-order valence-corrected chi connectivity index (χ1v) is 9.56. The van der Waals surface area contributed by atoms with Crippen molar-refractivity contribution in [3.05, 3.63) is 76.7 Å². The Morgan fingerprint density at radius 1 is 1.11 bits per heavy atom. The summed E-state index contributed by atoms with van der Waals surface area (Å²) in [6.07, 6.45) is 6.92. The smallest absolute Gasteiger partial charge is 0.250 e. The van der Waals surface area contributed by atoms with E-state index in [2.05, 4.69) is 5.32 Å². The number of pyridine rings is 1. The summed E-state index contributed by atoms with van der Waals surface area (Å²) in [7, 11) is 0. The van der Waals surface area contributed by atoms with Gasteiger partial charge in [-0.1, -0.05) is 36.4 Å². The number of hydrogen-bond donors (Lipinski definition) is 1. The zero-order valence-corrected chi connectivity index (χ0v) is 15.8. The molecule has 1 atom stereocenters. The number of hydrogen-bond acceptors (Lipinski definition) is 3. The molecule has 2 aromatic rings. The Morgan fingerprint density at radius 3 is 2.68 bits per heavy atom. The SMILES string of the molecule is O=C(Cn1ccccc1=O)NCC1CCCN(C(=O)/C=C/c2ccccc2)C1. The summed E-state index contributed by atoms with van der Waals surface area (Å²) in [5.74, 6) is 0.0238. The van der Waals surface area contributed by atoms with Gasteiger partial charge in [0.2, 0.25) is 11.8 Å². The van der Waals surface area contributed by atoms with Crippen LogP contribution in [0.2, 0.25) is 0 Å². The van der Waals surface area contributed by atoms with Gasteiger partial charge in [0.05, 0.1) is 0 Å². The molecule has 6 nitrogen and oxygen atoms in total. The van der Waals surface area contributed by atoms with Crippen molar-refractivity contribution in [3.8, 4) is 0 Å². The maximum atomic E-state index is 12.4. The van der Waals surface area contributed by atoms with Gasteiger partial charge < -0.3 is 14.8 Å². The molecule has 0 aliphatic carbocycles. The molecule has 2 amide bonds. The number of aromatic nitrogens is 1. The van der Waals surface area contributed by atoms with Crippen LogP contribution in [0.4, 0.5) is 0 Å². The lowest BCUT2D eigenvalue weighted by Gasteiger charge is -2.32. The van der Waals surface area contributed by atoms with Crippen molar-refractivity contribution >= 4 is 17.9 Å². The fraction of sp³-hybridized carbons (Fsp3) is 0.318. The maximum absolute atomic E-state index is 12.4. The topological polar surface area (TPSA) is 71.4 Å². The average Bonchev–Trinajstić information content (AvgIpc) is 2.73. The summed E-state index contributed by atoms with van der Waals surface area (Å²) < 4.78 is 1.38. The average molecular weight is 379 g/mol. The van der Waals surface area contributed by atoms with Crippen molar-refractivity contribution < 1.29 is 9.59 Å². The monoisotopic (exact) mass is 379 g/mol. The molecular formula is C22H25N3O3. The van der Waals surface area contributed by atoms with E-state index in [-0.39, 0.29) is 29.8 Å². The third-order valence-corrected chi connectivity index (χ3v) is 4.85. The van der Waals surface area contributed by atoms with E-state index in [0.29, 0.717) is 13.1 Å². The molecule has 0 bridgehead atoms. The van der Waals surface area contributed by atoms with Crippen LogP contribution in [0.3, 0.4) is 0 Å². The number of carbonyl (C=O) groups is 2. The summed E-state index contributed by atoms with van der Waals surface area (Å²) in [4.78, 5) is 38.1. The highest BCUT2D eigenvalue weighted by Gasteiger charge is 2.22. The van der Waals surface area contributed by atoms with Gasteiger partial charge in [0.25, 0.3) is 5.56 Å². The van der Waals surface area contributed by atoms with Gasteiger partial charge in [0, 0.05) is 38.0 Å². The Bertz CT molecular complexity index is 889. The van der Waals surface area contributed by atoms with Gasteiger partial charge in [-0.15, -0.1) is 0 Å². The van der Waals surface area contributed by atoms with Crippen LogP contribution >= 0.6 is 0 Å². The highest BCUT2D eigenvalue weighted by Crippen LogP contribution is 2.16. The van der Waals surface area contributed by atoms with Crippen LogP contribution in [0, 0.1) is 5.92 Å². The van der Waals surface area contributed by atoms with Crippen molar-refractivity contribution in [3.63, 3.8) is 0 Å². The Balaban J connectivity index is 1.47. The van der Waals surface area contributed by atoms with E-state index >= 15 is 0 Å². The summed E-state index contributed by atoms with van der Waals surface area (Å²) in [6.45, 7) is 1.88. The van der Waals surface area contributed by atoms with Gasteiger partial charge in [-0.05, 0) is 36.5 Å². The van der Waals surface area contributed by atoms with Crippen LogP contribution in [0.5, 0.6) is 0 Å². The minimum absolute atomic E-state index is 0.00397. The number of rotatable bonds is 6. The van der Waals surface area contributed by atoms with Gasteiger partial charge in [-0.3, -0.25) is 14.4 Å². The molecule has 146 valence electrons. The number of nitrogens with zero attached hydrogens (tertiary/aromatic N) is 2. The fourth-order valence-corrected chi connectivity index (χ4v) is 3.33. The molecule has 1 unspecified atom stereocenters. The molecule has 1 aromatic carbocycles. The van der Waals surface area contributed by atoms with E-state index in [1.165, 1.54) is 10.6 Å². The molecule has 1 N–H and O–H groups in total. The molecule has 0 spiro atoms. The van der Waals surface area contributed by atoms with Crippen LogP contribution in [0.15, 0.2) is 65.6 Å². The highest BCUT2D eigenvalue weighted by atomic mass is 16.2. The molecule has 2 heterocycles. The molecule has 3 rings (SSSR count). The molecule has 0 saturated carbocycles. The van der Waals surface area contributed by atoms with Crippen molar-refractivity contribution in [2.75, 3.05) is 19.6 Å². The zero-order chi connectivity index (χ0) is 19.8. The van der Waals surface area contributed by atoms with Crippen LogP contribution in [-0.2, 0) is 16.1 Å². The molecule has 1 saturated heterocycles. The molecule has 1 fully saturated rings. The largest absolute Gasteiger partial charge is 0.354 e. The number of amides is 2. The first kappa shape index (κ1) is 19.6. The van der Waals surface area contributed by atoms with Gasteiger partial charge in [0.1, 0.15) is 6.54 Å². The maximum Gasteiger partial charge on any atom is 0.250 e. The van der Waals surface area contributed by atoms with Crippen molar-refractivity contribution in [1.82, 2.24) is 14.8 Å². The Morgan fingerprint density at radius 2 is 1.89 bits per heavy atom. The summed E-state index contributed by atoms with van der Waals surface area (Å²) >= 11 is 0. The van der Waals surface area contributed by atoms with Crippen molar-refractivity contribution in [1.29, 1.82) is 0 Å². The zero-order valence-electron chi connectivity index (χ0n) is 15.8. The van der Waals surface area contributed by atoms with Crippen LogP contribution < -0.4 is 10.9 Å². The van der Waals surface area contributed by atoms with Gasteiger partial charge in [-0.25, -0.2) is 0 Å². The molecule has 1 aliphatic heterocycles. The predicted octanol–water partition coefficient (Wildman–Crippen LogP) is 1.92. The minimum atomic E-state index is -0.197. The Kier molecular flexibility index (Phi) is 6.78. The third-order valence-electron chi connectivity index (χ3n) is 4.85. The summed E-state index contributed by atoms with van der Waals surface area (Å²) in [5, 5.41) is 2.89. The second kappa shape index (κ2) is 9.69. The first-order chi connectivity index (χ1) is 13.6. The molecular weight excluding hydrogens is 354 g/mol. The standard InChI is InChI=1S/C22H25N3O3/c26-20(17-25-13-5-4-10-21(25)27)23-15-19-9-6-14-24(16-19)22(28)12-11-18-7-2-1-3-8-18/h1-5,7-8,10-13,19H,6,9,14-17H2,(H,23,26)/b12-11+. The normalized spacial score (nSPS) is 16.9. The quantitative estimate of drug-likeness (QED) is 0.780. The summed E-state index contributed by atoms with van der Waals surface area (Å²) in [5.41, 5.74) is 0.796. The second-order valence-electron chi connectivity index (χ2n) is 7.01. The Labute approximate surface area is 164 Å². The van der Waals surface area contributed by atoms with E-state index < -0.39 is 0 Å². The number of likely N-dealkylation sites (tertiary alicyclic amines) is 1. The third kappa shape index (κ3) is 5.67. The molecule has 1 aliphatic rings. The van der Waals surface area contributed by atoms with Crippen LogP contribution in [-0.4, -0.2) is 40.9 Å². The molecule has 28 heavy (non-hydrogen) atoms. The van der Waals surface area contributed by atoms with E-state index in [1.807, 2.05) is 41.3 Å². The van der Waals surface area contributed by atoms with Crippen molar-refractivity contribution in [2.24, 2.45) is 5.92 Å². The summed E-state index contributed by atoms with van der Waals surface area (Å²) in [6, 6.07) is 14.5. The number of carbonyl (C=O) groups excluding carboxylic acids is 2. The number of benzene rings is 1. The lowest BCUT2D eigenvalue weighted by Crippen LogP contribution is -2.43. The second-order valence-corrected chi connectivity index (χ2v) is 7.01. The van der Waals surface area contributed by atoms with E-state index in [0.717, 1.165) is 24.9 Å². The van der Waals surface area contributed by atoms with Crippen LogP contribution in [0.1, 0.15) is 18.4 Å². The van der Waals surface area contributed by atoms with Gasteiger partial charge in [-0.2, -0.15) is 0 Å². The van der Waals surface area contributed by atoms with E-state index in [4.69, 9.17) is 0 Å². The molecule has 0 radical (unpaired) electrons. The Hall–Kier alpha value is -3.15. The van der Waals surface area contributed by atoms with E-state index in [9.17, 15) is 14.4 Å². The lowest BCUT2D eigenvalue weighted by molar-refractivity contribution is -0.127. The molecule has 6 heteroatoms. The number of nitrogens with one attached hydrogen (secondary N) is 1. The predicted molar refractivity (Wildman–Crippen MR) is 108 cm³/mol. The van der Waals surface area contributed by atoms with Crippen molar-refractivity contribution in [2.45, 2.75) is 19.4 Å². The fourth-order valence-electron chi connectivity index (χ4n) is 3.33.